The maximum atomic E-state index is 12.8. The van der Waals surface area contributed by atoms with Gasteiger partial charge in [-0.15, -0.1) is 0 Å². The maximum Gasteiger partial charge on any atom is 0.417 e. The largest absolute Gasteiger partial charge is 0.497 e. The van der Waals surface area contributed by atoms with Crippen molar-refractivity contribution in [3.63, 3.8) is 0 Å². The average molecular weight is 374 g/mol. The minimum absolute atomic E-state index is 0.171. The van der Waals surface area contributed by atoms with E-state index in [4.69, 9.17) is 16.3 Å². The van der Waals surface area contributed by atoms with Gasteiger partial charge in [-0.2, -0.15) is 13.2 Å². The molecule has 1 unspecified atom stereocenters. The van der Waals surface area contributed by atoms with Crippen LogP contribution in [0.4, 0.5) is 13.2 Å². The van der Waals surface area contributed by atoms with Gasteiger partial charge in [-0.25, -0.2) is 0 Å². The summed E-state index contributed by atoms with van der Waals surface area (Å²) in [6.07, 6.45) is -5.69. The molecule has 0 aromatic heterocycles. The summed E-state index contributed by atoms with van der Waals surface area (Å²) in [5, 5.41) is 12.0. The molecule has 0 fully saturated rings. The van der Waals surface area contributed by atoms with Crippen LogP contribution in [0.2, 0.25) is 5.02 Å². The molecule has 8 heteroatoms. The summed E-state index contributed by atoms with van der Waals surface area (Å²) in [7, 11) is 1.48. The third-order valence-electron chi connectivity index (χ3n) is 3.47. The highest BCUT2D eigenvalue weighted by Crippen LogP contribution is 2.35. The maximum absolute atomic E-state index is 12.8. The predicted octanol–water partition coefficient (Wildman–Crippen LogP) is 3.83. The Labute approximate surface area is 147 Å². The van der Waals surface area contributed by atoms with Crippen molar-refractivity contribution in [3.05, 3.63) is 64.2 Å². The molecule has 0 radical (unpaired) electrons. The number of hydrogen-bond donors (Lipinski definition) is 2. The molecular formula is C17H15ClF3NO3. The number of carbonyl (C=O) groups excluding carboxylic acids is 1. The van der Waals surface area contributed by atoms with E-state index in [1.807, 2.05) is 0 Å². The molecule has 4 nitrogen and oxygen atoms in total. The predicted molar refractivity (Wildman–Crippen MR) is 86.7 cm³/mol. The second kappa shape index (κ2) is 7.76. The van der Waals surface area contributed by atoms with E-state index in [-0.39, 0.29) is 12.1 Å². The number of alkyl halides is 3. The van der Waals surface area contributed by atoms with Crippen molar-refractivity contribution in [2.45, 2.75) is 12.3 Å². The van der Waals surface area contributed by atoms with E-state index in [1.54, 1.807) is 24.3 Å². The SMILES string of the molecule is COc1cccc(C(O)CNC(=O)c2ccc(Cl)c(C(F)(F)F)c2)c1. The molecule has 25 heavy (non-hydrogen) atoms. The van der Waals surface area contributed by atoms with Gasteiger partial charge in [0.05, 0.1) is 23.8 Å². The number of aliphatic hydroxyl groups is 1. The number of carbonyl (C=O) groups is 1. The highest BCUT2D eigenvalue weighted by Gasteiger charge is 2.33. The second-order valence-electron chi connectivity index (χ2n) is 5.19. The van der Waals surface area contributed by atoms with Crippen molar-refractivity contribution in [2.24, 2.45) is 0 Å². The smallest absolute Gasteiger partial charge is 0.417 e. The first kappa shape index (κ1) is 19.1. The molecule has 0 bridgehead atoms. The molecule has 0 spiro atoms. The van der Waals surface area contributed by atoms with Crippen LogP contribution in [0, 0.1) is 0 Å². The number of hydrogen-bond acceptors (Lipinski definition) is 3. The minimum Gasteiger partial charge on any atom is -0.497 e. The van der Waals surface area contributed by atoms with Crippen molar-refractivity contribution < 1.29 is 27.8 Å². The summed E-state index contributed by atoms with van der Waals surface area (Å²) >= 11 is 5.52. The fourth-order valence-corrected chi connectivity index (χ4v) is 2.37. The normalized spacial score (nSPS) is 12.6. The van der Waals surface area contributed by atoms with Crippen molar-refractivity contribution in [2.75, 3.05) is 13.7 Å². The summed E-state index contributed by atoms with van der Waals surface area (Å²) in [4.78, 5) is 12.0. The van der Waals surface area contributed by atoms with Gasteiger partial charge >= 0.3 is 6.18 Å². The number of halogens is 4. The van der Waals surface area contributed by atoms with E-state index >= 15 is 0 Å². The first-order valence-corrected chi connectivity index (χ1v) is 7.57. The molecule has 2 N–H and O–H groups in total. The number of methoxy groups -OCH3 is 1. The van der Waals surface area contributed by atoms with Crippen LogP contribution in [-0.2, 0) is 6.18 Å². The van der Waals surface area contributed by atoms with Crippen LogP contribution in [0.5, 0.6) is 5.75 Å². The number of amides is 1. The van der Waals surface area contributed by atoms with Crippen molar-refractivity contribution >= 4 is 17.5 Å². The van der Waals surface area contributed by atoms with Crippen LogP contribution in [0.15, 0.2) is 42.5 Å². The molecule has 0 saturated heterocycles. The Balaban J connectivity index is 2.07. The first-order valence-electron chi connectivity index (χ1n) is 7.19. The van der Waals surface area contributed by atoms with Crippen LogP contribution >= 0.6 is 11.6 Å². The van der Waals surface area contributed by atoms with Gasteiger partial charge in [-0.05, 0) is 35.9 Å². The molecule has 0 saturated carbocycles. The van der Waals surface area contributed by atoms with Crippen molar-refractivity contribution in [1.29, 1.82) is 0 Å². The highest BCUT2D eigenvalue weighted by molar-refractivity contribution is 6.31. The molecular weight excluding hydrogens is 359 g/mol. The van der Waals surface area contributed by atoms with Gasteiger partial charge in [-0.1, -0.05) is 23.7 Å². The lowest BCUT2D eigenvalue weighted by atomic mass is 10.1. The Morgan fingerprint density at radius 2 is 2.00 bits per heavy atom. The number of rotatable bonds is 5. The van der Waals surface area contributed by atoms with Gasteiger partial charge in [0.15, 0.2) is 0 Å². The average Bonchev–Trinajstić information content (AvgIpc) is 2.58. The van der Waals surface area contributed by atoms with Crippen LogP contribution in [-0.4, -0.2) is 24.7 Å². The third kappa shape index (κ3) is 4.87. The molecule has 0 aliphatic heterocycles. The lowest BCUT2D eigenvalue weighted by molar-refractivity contribution is -0.137. The molecule has 1 atom stereocenters. The van der Waals surface area contributed by atoms with Gasteiger partial charge in [-0.3, -0.25) is 4.79 Å². The van der Waals surface area contributed by atoms with Crippen LogP contribution in [0.1, 0.15) is 27.6 Å². The zero-order valence-electron chi connectivity index (χ0n) is 13.1. The topological polar surface area (TPSA) is 58.6 Å². The number of ether oxygens (including phenoxy) is 1. The van der Waals surface area contributed by atoms with E-state index in [2.05, 4.69) is 5.32 Å². The molecule has 2 aromatic rings. The fourth-order valence-electron chi connectivity index (χ4n) is 2.14. The Kier molecular flexibility index (Phi) is 5.92. The Morgan fingerprint density at radius 3 is 2.64 bits per heavy atom. The van der Waals surface area contributed by atoms with E-state index in [1.165, 1.54) is 13.2 Å². The number of aliphatic hydroxyl groups excluding tert-OH is 1. The Bertz CT molecular complexity index is 765. The fraction of sp³-hybridized carbons (Fsp3) is 0.235. The van der Waals surface area contributed by atoms with E-state index in [0.717, 1.165) is 6.07 Å². The van der Waals surface area contributed by atoms with Crippen molar-refractivity contribution in [1.82, 2.24) is 5.32 Å². The molecule has 134 valence electrons. The third-order valence-corrected chi connectivity index (χ3v) is 3.80. The Hall–Kier alpha value is -2.25. The van der Waals surface area contributed by atoms with Gasteiger partial charge in [0.2, 0.25) is 0 Å². The lowest BCUT2D eigenvalue weighted by Crippen LogP contribution is -2.28. The summed E-state index contributed by atoms with van der Waals surface area (Å²) in [5.41, 5.74) is -0.781. The zero-order chi connectivity index (χ0) is 18.6. The summed E-state index contributed by atoms with van der Waals surface area (Å²) in [5.74, 6) is -0.209. The molecule has 0 heterocycles. The summed E-state index contributed by atoms with van der Waals surface area (Å²) in [6.45, 7) is -0.171. The highest BCUT2D eigenvalue weighted by atomic mass is 35.5. The summed E-state index contributed by atoms with van der Waals surface area (Å²) < 4.78 is 43.5. The van der Waals surface area contributed by atoms with E-state index < -0.39 is 28.8 Å². The van der Waals surface area contributed by atoms with E-state index in [9.17, 15) is 23.1 Å². The van der Waals surface area contributed by atoms with E-state index in [0.29, 0.717) is 17.4 Å². The van der Waals surface area contributed by atoms with Gasteiger partial charge in [0.25, 0.3) is 5.91 Å². The van der Waals surface area contributed by atoms with Gasteiger partial charge in [0.1, 0.15) is 5.75 Å². The molecule has 2 rings (SSSR count). The molecule has 1 amide bonds. The monoisotopic (exact) mass is 373 g/mol. The first-order chi connectivity index (χ1) is 11.7. The van der Waals surface area contributed by atoms with Gasteiger partial charge < -0.3 is 15.2 Å². The lowest BCUT2D eigenvalue weighted by Gasteiger charge is -2.14. The van der Waals surface area contributed by atoms with Crippen LogP contribution in [0.3, 0.4) is 0 Å². The minimum atomic E-state index is -4.66. The summed E-state index contributed by atoms with van der Waals surface area (Å²) in [6, 6.07) is 9.48. The number of benzene rings is 2. The van der Waals surface area contributed by atoms with Crippen molar-refractivity contribution in [3.8, 4) is 5.75 Å². The molecule has 0 aliphatic rings. The van der Waals surface area contributed by atoms with Crippen LogP contribution in [0.25, 0.3) is 0 Å². The zero-order valence-corrected chi connectivity index (χ0v) is 13.9. The quantitative estimate of drug-likeness (QED) is 0.837. The standard InChI is InChI=1S/C17H15ClF3NO3/c1-25-12-4-2-3-10(7-12)15(23)9-22-16(24)11-5-6-14(18)13(8-11)17(19,20)21/h2-8,15,23H,9H2,1H3,(H,22,24). The van der Waals surface area contributed by atoms with Gasteiger partial charge in [0, 0.05) is 12.1 Å². The molecule has 0 aliphatic carbocycles. The molecule has 2 aromatic carbocycles. The second-order valence-corrected chi connectivity index (χ2v) is 5.60. The number of nitrogens with one attached hydrogen (secondary N) is 1. The Morgan fingerprint density at radius 1 is 1.28 bits per heavy atom. The van der Waals surface area contributed by atoms with Crippen LogP contribution < -0.4 is 10.1 Å².